The summed E-state index contributed by atoms with van der Waals surface area (Å²) in [4.78, 5) is 31.1. The summed E-state index contributed by atoms with van der Waals surface area (Å²) in [5, 5.41) is 2.87. The van der Waals surface area contributed by atoms with E-state index in [1.807, 2.05) is 19.0 Å². The van der Waals surface area contributed by atoms with Crippen molar-refractivity contribution in [3.63, 3.8) is 0 Å². The molecule has 154 valence electrons. The molecule has 1 aliphatic heterocycles. The smallest absolute Gasteiger partial charge is 0.253 e. The molecule has 0 aromatic heterocycles. The summed E-state index contributed by atoms with van der Waals surface area (Å²) in [5.41, 5.74) is 1.95. The normalized spacial score (nSPS) is 14.2. The second-order valence-electron chi connectivity index (χ2n) is 7.40. The molecule has 0 saturated carbocycles. The zero-order valence-electron chi connectivity index (χ0n) is 16.9. The average molecular weight is 398 g/mol. The number of nitrogens with zero attached hydrogens (tertiary/aromatic N) is 3. The van der Waals surface area contributed by atoms with Gasteiger partial charge in [-0.15, -0.1) is 0 Å². The zero-order valence-corrected chi connectivity index (χ0v) is 16.9. The van der Waals surface area contributed by atoms with E-state index >= 15 is 0 Å². The van der Waals surface area contributed by atoms with Crippen LogP contribution < -0.4 is 10.2 Å². The lowest BCUT2D eigenvalue weighted by Gasteiger charge is -2.36. The molecule has 1 saturated heterocycles. The molecule has 0 bridgehead atoms. The number of rotatable bonds is 6. The van der Waals surface area contributed by atoms with Crippen LogP contribution in [0.4, 0.5) is 10.1 Å². The highest BCUT2D eigenvalue weighted by molar-refractivity contribution is 5.99. The maximum absolute atomic E-state index is 13.1. The lowest BCUT2D eigenvalue weighted by Crippen LogP contribution is -2.48. The van der Waals surface area contributed by atoms with Gasteiger partial charge >= 0.3 is 0 Å². The lowest BCUT2D eigenvalue weighted by atomic mass is 10.1. The fourth-order valence-electron chi connectivity index (χ4n) is 3.29. The first kappa shape index (κ1) is 20.8. The molecular formula is C22H27FN4O2. The first-order valence-electron chi connectivity index (χ1n) is 9.77. The van der Waals surface area contributed by atoms with Gasteiger partial charge in [0.05, 0.1) is 0 Å². The quantitative estimate of drug-likeness (QED) is 0.810. The van der Waals surface area contributed by atoms with Crippen LogP contribution in [0.2, 0.25) is 0 Å². The number of benzene rings is 2. The van der Waals surface area contributed by atoms with Crippen molar-refractivity contribution in [2.45, 2.75) is 0 Å². The van der Waals surface area contributed by atoms with E-state index in [4.69, 9.17) is 0 Å². The molecule has 29 heavy (non-hydrogen) atoms. The number of hydrogen-bond donors (Lipinski definition) is 1. The van der Waals surface area contributed by atoms with Crippen molar-refractivity contribution in [3.8, 4) is 0 Å². The van der Waals surface area contributed by atoms with Crippen LogP contribution in [0.25, 0.3) is 0 Å². The molecule has 1 heterocycles. The van der Waals surface area contributed by atoms with E-state index in [9.17, 15) is 14.0 Å². The lowest BCUT2D eigenvalue weighted by molar-refractivity contribution is 0.0747. The number of anilines is 1. The Hall–Kier alpha value is -2.93. The molecule has 0 radical (unpaired) electrons. The van der Waals surface area contributed by atoms with E-state index in [2.05, 4.69) is 10.2 Å². The second kappa shape index (κ2) is 9.52. The van der Waals surface area contributed by atoms with Gasteiger partial charge in [-0.1, -0.05) is 6.07 Å². The van der Waals surface area contributed by atoms with Crippen LogP contribution in [-0.4, -0.2) is 75.0 Å². The predicted molar refractivity (Wildman–Crippen MR) is 112 cm³/mol. The van der Waals surface area contributed by atoms with E-state index in [1.165, 1.54) is 12.1 Å². The van der Waals surface area contributed by atoms with Crippen molar-refractivity contribution in [2.75, 3.05) is 58.3 Å². The van der Waals surface area contributed by atoms with Crippen molar-refractivity contribution in [2.24, 2.45) is 0 Å². The predicted octanol–water partition coefficient (Wildman–Crippen LogP) is 2.08. The molecule has 0 atom stereocenters. The summed E-state index contributed by atoms with van der Waals surface area (Å²) in [6.45, 7) is 3.83. The number of halogens is 1. The van der Waals surface area contributed by atoms with Gasteiger partial charge in [-0.3, -0.25) is 9.59 Å². The fraction of sp³-hybridized carbons (Fsp3) is 0.364. The van der Waals surface area contributed by atoms with Crippen LogP contribution in [0.3, 0.4) is 0 Å². The van der Waals surface area contributed by atoms with Crippen molar-refractivity contribution < 1.29 is 14.0 Å². The fourth-order valence-corrected chi connectivity index (χ4v) is 3.29. The summed E-state index contributed by atoms with van der Waals surface area (Å²) in [6.07, 6.45) is 0. The molecule has 1 fully saturated rings. The van der Waals surface area contributed by atoms with Crippen LogP contribution in [0.1, 0.15) is 20.7 Å². The van der Waals surface area contributed by atoms with Gasteiger partial charge in [-0.25, -0.2) is 4.39 Å². The maximum Gasteiger partial charge on any atom is 0.253 e. The molecule has 0 aliphatic carbocycles. The number of amides is 2. The molecule has 2 aromatic carbocycles. The standard InChI is InChI=1S/C22H27FN4O2/c1-25(2)11-10-24-21(28)17-4-3-5-18(16-17)22(29)27-14-12-26(13-15-27)20-8-6-19(23)7-9-20/h3-9,16H,10-15H2,1-2H3,(H,24,28). The third-order valence-corrected chi connectivity index (χ3v) is 4.97. The van der Waals surface area contributed by atoms with E-state index in [1.54, 1.807) is 41.3 Å². The molecule has 6 nitrogen and oxygen atoms in total. The Bertz CT molecular complexity index is 846. The van der Waals surface area contributed by atoms with Gasteiger partial charge in [-0.05, 0) is 56.6 Å². The Kier molecular flexibility index (Phi) is 6.82. The van der Waals surface area contributed by atoms with Crippen LogP contribution in [0.5, 0.6) is 0 Å². The first-order valence-corrected chi connectivity index (χ1v) is 9.77. The topological polar surface area (TPSA) is 55.9 Å². The number of piperazine rings is 1. The summed E-state index contributed by atoms with van der Waals surface area (Å²) in [7, 11) is 3.89. The van der Waals surface area contributed by atoms with Crippen LogP contribution in [0, 0.1) is 5.82 Å². The summed E-state index contributed by atoms with van der Waals surface area (Å²) in [6, 6.07) is 13.3. The van der Waals surface area contributed by atoms with Gasteiger partial charge in [0.15, 0.2) is 0 Å². The molecular weight excluding hydrogens is 371 g/mol. The number of carbonyl (C=O) groups excluding carboxylic acids is 2. The molecule has 1 N–H and O–H groups in total. The van der Waals surface area contributed by atoms with Gasteiger partial charge in [0.1, 0.15) is 5.82 Å². The van der Waals surface area contributed by atoms with Gasteiger partial charge in [-0.2, -0.15) is 0 Å². The molecule has 3 rings (SSSR count). The minimum atomic E-state index is -0.256. The van der Waals surface area contributed by atoms with Gasteiger partial charge < -0.3 is 20.0 Å². The van der Waals surface area contributed by atoms with Gasteiger partial charge in [0, 0.05) is 56.1 Å². The molecule has 7 heteroatoms. The molecule has 2 amide bonds. The highest BCUT2D eigenvalue weighted by Crippen LogP contribution is 2.18. The Morgan fingerprint density at radius 1 is 1.00 bits per heavy atom. The Morgan fingerprint density at radius 3 is 2.31 bits per heavy atom. The number of likely N-dealkylation sites (N-methyl/N-ethyl adjacent to an activating group) is 1. The monoisotopic (exact) mass is 398 g/mol. The largest absolute Gasteiger partial charge is 0.368 e. The second-order valence-corrected chi connectivity index (χ2v) is 7.40. The van der Waals surface area contributed by atoms with Crippen molar-refractivity contribution >= 4 is 17.5 Å². The molecule has 0 spiro atoms. The highest BCUT2D eigenvalue weighted by atomic mass is 19.1. The minimum absolute atomic E-state index is 0.0771. The van der Waals surface area contributed by atoms with Crippen molar-refractivity contribution in [1.82, 2.24) is 15.1 Å². The van der Waals surface area contributed by atoms with Gasteiger partial charge in [0.2, 0.25) is 0 Å². The summed E-state index contributed by atoms with van der Waals surface area (Å²) < 4.78 is 13.1. The van der Waals surface area contributed by atoms with E-state index in [0.717, 1.165) is 12.2 Å². The third kappa shape index (κ3) is 5.54. The molecule has 2 aromatic rings. The number of carbonyl (C=O) groups is 2. The number of nitrogens with one attached hydrogen (secondary N) is 1. The number of hydrogen-bond acceptors (Lipinski definition) is 4. The van der Waals surface area contributed by atoms with Crippen LogP contribution in [-0.2, 0) is 0 Å². The van der Waals surface area contributed by atoms with E-state index in [-0.39, 0.29) is 17.6 Å². The zero-order chi connectivity index (χ0) is 20.8. The maximum atomic E-state index is 13.1. The Balaban J connectivity index is 1.58. The van der Waals surface area contributed by atoms with Crippen LogP contribution >= 0.6 is 0 Å². The van der Waals surface area contributed by atoms with E-state index < -0.39 is 0 Å². The third-order valence-electron chi connectivity index (χ3n) is 4.97. The highest BCUT2D eigenvalue weighted by Gasteiger charge is 2.23. The summed E-state index contributed by atoms with van der Waals surface area (Å²) in [5.74, 6) is -0.512. The van der Waals surface area contributed by atoms with Crippen molar-refractivity contribution in [1.29, 1.82) is 0 Å². The summed E-state index contributed by atoms with van der Waals surface area (Å²) >= 11 is 0. The van der Waals surface area contributed by atoms with Crippen molar-refractivity contribution in [3.05, 3.63) is 65.5 Å². The van der Waals surface area contributed by atoms with Crippen LogP contribution in [0.15, 0.2) is 48.5 Å². The molecule has 1 aliphatic rings. The minimum Gasteiger partial charge on any atom is -0.368 e. The van der Waals surface area contributed by atoms with Gasteiger partial charge in [0.25, 0.3) is 11.8 Å². The Morgan fingerprint density at radius 2 is 1.66 bits per heavy atom. The SMILES string of the molecule is CN(C)CCNC(=O)c1cccc(C(=O)N2CCN(c3ccc(F)cc3)CC2)c1. The average Bonchev–Trinajstić information content (AvgIpc) is 2.73. The first-order chi connectivity index (χ1) is 13.9. The Labute approximate surface area is 170 Å². The van der Waals surface area contributed by atoms with E-state index in [0.29, 0.717) is 43.9 Å². The molecule has 0 unspecified atom stereocenters.